The summed E-state index contributed by atoms with van der Waals surface area (Å²) in [5.41, 5.74) is -0.323. The molecule has 0 bridgehead atoms. The minimum Gasteiger partial charge on any atom is -0.391 e. The molecule has 3 aliphatic rings. The molecule has 1 saturated carbocycles. The highest BCUT2D eigenvalue weighted by Gasteiger charge is 2.45. The third-order valence-electron chi connectivity index (χ3n) is 4.92. The molecule has 2 aliphatic heterocycles. The molecule has 0 radical (unpaired) electrons. The Kier molecular flexibility index (Phi) is 3.30. The van der Waals surface area contributed by atoms with Gasteiger partial charge in [-0.05, 0) is 25.7 Å². The lowest BCUT2D eigenvalue weighted by atomic mass is 9.84. The van der Waals surface area contributed by atoms with E-state index in [1.165, 1.54) is 6.42 Å². The first-order chi connectivity index (χ1) is 8.71. The summed E-state index contributed by atoms with van der Waals surface area (Å²) in [6.07, 6.45) is 5.97. The molecule has 5 heteroatoms. The smallest absolute Gasteiger partial charge is 0.241 e. The maximum absolute atomic E-state index is 11.9. The van der Waals surface area contributed by atoms with E-state index in [4.69, 9.17) is 0 Å². The van der Waals surface area contributed by atoms with Crippen LogP contribution >= 0.6 is 0 Å². The molecule has 5 nitrogen and oxygen atoms in total. The molecule has 1 amide bonds. The van der Waals surface area contributed by atoms with Crippen LogP contribution < -0.4 is 10.6 Å². The number of nitrogens with one attached hydrogen (secondary N) is 2. The fraction of sp³-hybridized carbons (Fsp3) is 0.923. The van der Waals surface area contributed by atoms with Crippen LogP contribution in [0.5, 0.6) is 0 Å². The number of hydrogen-bond acceptors (Lipinski definition) is 4. The van der Waals surface area contributed by atoms with Gasteiger partial charge in [-0.2, -0.15) is 0 Å². The summed E-state index contributed by atoms with van der Waals surface area (Å²) in [6, 6.07) is 0.320. The highest BCUT2D eigenvalue weighted by Crippen LogP contribution is 2.30. The highest BCUT2D eigenvalue weighted by atomic mass is 16.3. The van der Waals surface area contributed by atoms with E-state index in [1.807, 2.05) is 0 Å². The van der Waals surface area contributed by atoms with Gasteiger partial charge in [-0.1, -0.05) is 12.8 Å². The number of carbonyl (C=O) groups excluding carboxylic acids is 1. The molecule has 102 valence electrons. The van der Waals surface area contributed by atoms with Gasteiger partial charge in [0.25, 0.3) is 0 Å². The number of aliphatic hydroxyl groups is 1. The van der Waals surface area contributed by atoms with Gasteiger partial charge < -0.3 is 10.4 Å². The van der Waals surface area contributed by atoms with Crippen LogP contribution in [-0.4, -0.2) is 53.4 Å². The normalized spacial score (nSPS) is 36.8. The van der Waals surface area contributed by atoms with Crippen molar-refractivity contribution in [2.75, 3.05) is 19.8 Å². The predicted octanol–water partition coefficient (Wildman–Crippen LogP) is -0.199. The van der Waals surface area contributed by atoms with E-state index >= 15 is 0 Å². The largest absolute Gasteiger partial charge is 0.391 e. The van der Waals surface area contributed by atoms with Crippen LogP contribution in [0.3, 0.4) is 0 Å². The lowest BCUT2D eigenvalue weighted by Crippen LogP contribution is -2.58. The van der Waals surface area contributed by atoms with Gasteiger partial charge in [0, 0.05) is 19.1 Å². The summed E-state index contributed by atoms with van der Waals surface area (Å²) in [4.78, 5) is 14.2. The molecular weight excluding hydrogens is 230 g/mol. The molecule has 2 heterocycles. The van der Waals surface area contributed by atoms with Crippen molar-refractivity contribution in [3.05, 3.63) is 0 Å². The molecule has 1 aliphatic carbocycles. The van der Waals surface area contributed by atoms with Crippen molar-refractivity contribution >= 4 is 5.91 Å². The molecule has 18 heavy (non-hydrogen) atoms. The van der Waals surface area contributed by atoms with E-state index in [0.717, 1.165) is 45.2 Å². The Labute approximate surface area is 108 Å². The van der Waals surface area contributed by atoms with Crippen molar-refractivity contribution in [1.29, 1.82) is 0 Å². The number of likely N-dealkylation sites (tertiary alicyclic amines) is 1. The van der Waals surface area contributed by atoms with Crippen molar-refractivity contribution in [2.45, 2.75) is 56.2 Å². The summed E-state index contributed by atoms with van der Waals surface area (Å²) < 4.78 is 0. The molecule has 3 N–H and O–H groups in total. The maximum Gasteiger partial charge on any atom is 0.241 e. The van der Waals surface area contributed by atoms with Crippen molar-refractivity contribution in [3.63, 3.8) is 0 Å². The van der Waals surface area contributed by atoms with Gasteiger partial charge in [0.2, 0.25) is 5.91 Å². The second-order valence-electron chi connectivity index (χ2n) is 5.90. The van der Waals surface area contributed by atoms with E-state index in [1.54, 1.807) is 0 Å². The van der Waals surface area contributed by atoms with E-state index in [2.05, 4.69) is 15.5 Å². The van der Waals surface area contributed by atoms with Crippen LogP contribution in [0.25, 0.3) is 0 Å². The van der Waals surface area contributed by atoms with Gasteiger partial charge in [0.1, 0.15) is 5.54 Å². The fourth-order valence-electron chi connectivity index (χ4n) is 3.70. The molecule has 0 unspecified atom stereocenters. The van der Waals surface area contributed by atoms with E-state index in [9.17, 15) is 9.90 Å². The Balaban J connectivity index is 1.61. The van der Waals surface area contributed by atoms with Gasteiger partial charge in [0.15, 0.2) is 0 Å². The third kappa shape index (κ3) is 2.04. The van der Waals surface area contributed by atoms with Crippen molar-refractivity contribution in [2.24, 2.45) is 0 Å². The monoisotopic (exact) mass is 253 g/mol. The molecule has 1 spiro atoms. The first kappa shape index (κ1) is 12.4. The molecule has 3 rings (SSSR count). The van der Waals surface area contributed by atoms with Crippen LogP contribution in [-0.2, 0) is 4.79 Å². The zero-order chi connectivity index (χ0) is 12.6. The summed E-state index contributed by atoms with van der Waals surface area (Å²) >= 11 is 0. The number of amides is 1. The molecule has 3 fully saturated rings. The molecular formula is C13H23N3O2. The predicted molar refractivity (Wildman–Crippen MR) is 67.9 cm³/mol. The van der Waals surface area contributed by atoms with Gasteiger partial charge in [-0.25, -0.2) is 0 Å². The number of nitrogens with zero attached hydrogens (tertiary/aromatic N) is 1. The van der Waals surface area contributed by atoms with E-state index < -0.39 is 0 Å². The molecule has 0 aromatic heterocycles. The summed E-state index contributed by atoms with van der Waals surface area (Å²) in [6.45, 7) is 2.44. The quantitative estimate of drug-likeness (QED) is 0.605. The van der Waals surface area contributed by atoms with Gasteiger partial charge in [-0.15, -0.1) is 0 Å². The average molecular weight is 253 g/mol. The molecule has 2 saturated heterocycles. The van der Waals surface area contributed by atoms with Crippen LogP contribution in [0.1, 0.15) is 38.5 Å². The van der Waals surface area contributed by atoms with Crippen molar-refractivity contribution < 1.29 is 9.90 Å². The Hall–Kier alpha value is -0.650. The summed E-state index contributed by atoms with van der Waals surface area (Å²) in [5.74, 6) is 0.159. The van der Waals surface area contributed by atoms with Gasteiger partial charge in [-0.3, -0.25) is 15.0 Å². The number of aliphatic hydroxyl groups excluding tert-OH is 1. The van der Waals surface area contributed by atoms with Gasteiger partial charge >= 0.3 is 0 Å². The Morgan fingerprint density at radius 1 is 1.22 bits per heavy atom. The maximum atomic E-state index is 11.9. The highest BCUT2D eigenvalue weighted by molar-refractivity contribution is 5.88. The summed E-state index contributed by atoms with van der Waals surface area (Å²) in [5, 5.41) is 16.3. The van der Waals surface area contributed by atoms with E-state index in [-0.39, 0.29) is 17.6 Å². The Morgan fingerprint density at radius 3 is 2.56 bits per heavy atom. The second kappa shape index (κ2) is 4.79. The zero-order valence-corrected chi connectivity index (χ0v) is 10.8. The minimum atomic E-state index is -0.323. The zero-order valence-electron chi connectivity index (χ0n) is 10.8. The van der Waals surface area contributed by atoms with Crippen LogP contribution in [0, 0.1) is 0 Å². The van der Waals surface area contributed by atoms with Crippen LogP contribution in [0.4, 0.5) is 0 Å². The Morgan fingerprint density at radius 2 is 1.94 bits per heavy atom. The van der Waals surface area contributed by atoms with Crippen molar-refractivity contribution in [1.82, 2.24) is 15.5 Å². The van der Waals surface area contributed by atoms with Crippen LogP contribution in [0.2, 0.25) is 0 Å². The number of rotatable bonds is 1. The van der Waals surface area contributed by atoms with Crippen LogP contribution in [0.15, 0.2) is 0 Å². The standard InChI is InChI=1S/C13H23N3O2/c17-11-4-2-1-3-10(11)16-7-5-13(6-8-16)12(18)14-9-15-13/h10-11,15,17H,1-9H2,(H,14,18)/t10-,11-/m1/s1. The fourth-order valence-corrected chi connectivity index (χ4v) is 3.70. The number of piperidine rings is 1. The van der Waals surface area contributed by atoms with Crippen molar-refractivity contribution in [3.8, 4) is 0 Å². The molecule has 0 aromatic carbocycles. The number of hydrogen-bond donors (Lipinski definition) is 3. The first-order valence-corrected chi connectivity index (χ1v) is 7.17. The SMILES string of the molecule is O=C1NCNC12CCN([C@@H]1CCCC[C@H]1O)CC2. The van der Waals surface area contributed by atoms with E-state index in [0.29, 0.717) is 12.7 Å². The Bertz CT molecular complexity index is 326. The summed E-state index contributed by atoms with van der Waals surface area (Å²) in [7, 11) is 0. The molecule has 0 aromatic rings. The van der Waals surface area contributed by atoms with Gasteiger partial charge in [0.05, 0.1) is 12.8 Å². The average Bonchev–Trinajstić information content (AvgIpc) is 2.73. The minimum absolute atomic E-state index is 0.159. The first-order valence-electron chi connectivity index (χ1n) is 7.17. The number of carbonyl (C=O) groups is 1. The third-order valence-corrected chi connectivity index (χ3v) is 4.92. The second-order valence-corrected chi connectivity index (χ2v) is 5.90. The topological polar surface area (TPSA) is 64.6 Å². The molecule has 2 atom stereocenters. The lowest BCUT2D eigenvalue weighted by Gasteiger charge is -2.44. The lowest BCUT2D eigenvalue weighted by molar-refractivity contribution is -0.126.